The number of para-hydroxylation sites is 1. The Morgan fingerprint density at radius 2 is 1.65 bits per heavy atom. The molecular formula is C16H13N3O3S. The number of allylic oxidation sites excluding steroid dienone is 1. The first-order valence-electron chi connectivity index (χ1n) is 6.76. The van der Waals surface area contributed by atoms with Crippen LogP contribution in [0.25, 0.3) is 6.08 Å². The fraction of sp³-hybridized carbons (Fsp3) is 0. The zero-order chi connectivity index (χ0) is 16.3. The fourth-order valence-electron chi connectivity index (χ4n) is 2.09. The number of anilines is 1. The molecule has 1 N–H and O–H groups in total. The highest BCUT2D eigenvalue weighted by Crippen LogP contribution is 2.28. The molecule has 6 nitrogen and oxygen atoms in total. The minimum atomic E-state index is -3.85. The summed E-state index contributed by atoms with van der Waals surface area (Å²) in [6, 6.07) is 15.1. The number of nitrogens with zero attached hydrogens (tertiary/aromatic N) is 3. The second-order valence-electron chi connectivity index (χ2n) is 4.74. The van der Waals surface area contributed by atoms with Gasteiger partial charge in [0.05, 0.1) is 22.5 Å². The summed E-state index contributed by atoms with van der Waals surface area (Å²) >= 11 is 0. The van der Waals surface area contributed by atoms with Crippen LogP contribution in [0.4, 0.5) is 5.69 Å². The van der Waals surface area contributed by atoms with Gasteiger partial charge in [-0.15, -0.1) is 5.11 Å². The number of rotatable bonds is 3. The molecule has 0 aliphatic carbocycles. The Morgan fingerprint density at radius 1 is 0.957 bits per heavy atom. The molecule has 2 aromatic carbocycles. The Hall–Kier alpha value is -2.77. The molecule has 0 aromatic heterocycles. The molecule has 1 heterocycles. The molecule has 23 heavy (non-hydrogen) atoms. The van der Waals surface area contributed by atoms with Crippen molar-refractivity contribution in [2.24, 2.45) is 9.63 Å². The summed E-state index contributed by atoms with van der Waals surface area (Å²) in [6.45, 7) is 0. The Bertz CT molecular complexity index is 903. The van der Waals surface area contributed by atoms with Crippen LogP contribution in [-0.4, -0.2) is 13.6 Å². The quantitative estimate of drug-likeness (QED) is 0.873. The maximum atomic E-state index is 12.0. The highest BCUT2D eigenvalue weighted by Gasteiger charge is 2.15. The first-order valence-corrected chi connectivity index (χ1v) is 8.20. The Morgan fingerprint density at radius 3 is 2.43 bits per heavy atom. The molecule has 7 heteroatoms. The minimum Gasteiger partial charge on any atom is -0.283 e. The van der Waals surface area contributed by atoms with Crippen LogP contribution in [0, 0.1) is 0 Å². The molecule has 1 aliphatic heterocycles. The molecule has 0 fully saturated rings. The molecule has 0 bridgehead atoms. The SMILES string of the molecule is O=S(=O)(N=N/C=C1/C=Cc2ccccc2N1O)c1ccccc1. The van der Waals surface area contributed by atoms with Crippen LogP contribution in [0.1, 0.15) is 5.56 Å². The predicted octanol–water partition coefficient (Wildman–Crippen LogP) is 3.59. The van der Waals surface area contributed by atoms with Crippen LogP contribution >= 0.6 is 0 Å². The van der Waals surface area contributed by atoms with E-state index in [9.17, 15) is 13.6 Å². The summed E-state index contributed by atoms with van der Waals surface area (Å²) in [5.74, 6) is 0. The number of sulfonamides is 1. The maximum absolute atomic E-state index is 12.0. The van der Waals surface area contributed by atoms with Gasteiger partial charge in [0.25, 0.3) is 10.0 Å². The number of fused-ring (bicyclic) bond motifs is 1. The Balaban J connectivity index is 1.84. The summed E-state index contributed by atoms with van der Waals surface area (Å²) in [5.41, 5.74) is 1.75. The molecule has 0 atom stereocenters. The van der Waals surface area contributed by atoms with E-state index in [0.717, 1.165) is 10.6 Å². The van der Waals surface area contributed by atoms with Gasteiger partial charge in [-0.25, -0.2) is 5.06 Å². The van der Waals surface area contributed by atoms with Gasteiger partial charge in [-0.3, -0.25) is 5.21 Å². The van der Waals surface area contributed by atoms with Crippen molar-refractivity contribution in [1.82, 2.24) is 0 Å². The van der Waals surface area contributed by atoms with Crippen molar-refractivity contribution < 1.29 is 13.6 Å². The summed E-state index contributed by atoms with van der Waals surface area (Å²) < 4.78 is 27.3. The van der Waals surface area contributed by atoms with E-state index in [-0.39, 0.29) is 4.90 Å². The molecule has 2 aromatic rings. The van der Waals surface area contributed by atoms with Gasteiger partial charge in [0.2, 0.25) is 0 Å². The van der Waals surface area contributed by atoms with Crippen molar-refractivity contribution in [2.45, 2.75) is 4.90 Å². The fourth-order valence-corrected chi connectivity index (χ4v) is 2.85. The van der Waals surface area contributed by atoms with Crippen LogP contribution in [0.3, 0.4) is 0 Å². The minimum absolute atomic E-state index is 0.0625. The largest absolute Gasteiger partial charge is 0.299 e. The lowest BCUT2D eigenvalue weighted by molar-refractivity contribution is 0.286. The third kappa shape index (κ3) is 3.20. The van der Waals surface area contributed by atoms with Gasteiger partial charge in [0.15, 0.2) is 0 Å². The summed E-state index contributed by atoms with van der Waals surface area (Å²) in [7, 11) is -3.85. The second kappa shape index (κ2) is 6.15. The molecule has 3 rings (SSSR count). The van der Waals surface area contributed by atoms with Crippen molar-refractivity contribution in [2.75, 3.05) is 5.06 Å². The zero-order valence-electron chi connectivity index (χ0n) is 11.9. The van der Waals surface area contributed by atoms with Gasteiger partial charge in [0.1, 0.15) is 0 Å². The zero-order valence-corrected chi connectivity index (χ0v) is 12.8. The van der Waals surface area contributed by atoms with Crippen molar-refractivity contribution >= 4 is 21.8 Å². The molecule has 0 unspecified atom stereocenters. The molecule has 116 valence electrons. The number of hydrogen-bond acceptors (Lipinski definition) is 5. The predicted molar refractivity (Wildman–Crippen MR) is 86.3 cm³/mol. The molecule has 0 radical (unpaired) electrons. The average Bonchev–Trinajstić information content (AvgIpc) is 2.58. The van der Waals surface area contributed by atoms with E-state index in [0.29, 0.717) is 11.4 Å². The van der Waals surface area contributed by atoms with Crippen LogP contribution in [0.2, 0.25) is 0 Å². The van der Waals surface area contributed by atoms with E-state index in [1.807, 2.05) is 12.1 Å². The van der Waals surface area contributed by atoms with E-state index in [1.165, 1.54) is 18.3 Å². The van der Waals surface area contributed by atoms with E-state index < -0.39 is 10.0 Å². The molecule has 1 aliphatic rings. The Kier molecular flexibility index (Phi) is 4.05. The van der Waals surface area contributed by atoms with Crippen LogP contribution < -0.4 is 5.06 Å². The van der Waals surface area contributed by atoms with Gasteiger partial charge in [-0.05, 0) is 24.3 Å². The van der Waals surface area contributed by atoms with Gasteiger partial charge in [-0.2, -0.15) is 8.42 Å². The highest BCUT2D eigenvalue weighted by molar-refractivity contribution is 7.90. The first kappa shape index (κ1) is 15.1. The average molecular weight is 327 g/mol. The molecule has 0 saturated heterocycles. The molecule has 0 amide bonds. The lowest BCUT2D eigenvalue weighted by Gasteiger charge is -2.22. The molecule has 0 spiro atoms. The van der Waals surface area contributed by atoms with Crippen LogP contribution in [0.15, 0.2) is 87.1 Å². The Labute approximate surface area is 133 Å². The van der Waals surface area contributed by atoms with E-state index >= 15 is 0 Å². The van der Waals surface area contributed by atoms with Crippen molar-refractivity contribution in [3.63, 3.8) is 0 Å². The van der Waals surface area contributed by atoms with Crippen LogP contribution in [0.5, 0.6) is 0 Å². The molecule has 0 saturated carbocycles. The van der Waals surface area contributed by atoms with Gasteiger partial charge in [-0.1, -0.05) is 47.0 Å². The number of hydrogen-bond donors (Lipinski definition) is 1. The lowest BCUT2D eigenvalue weighted by Crippen LogP contribution is -2.19. The first-order chi connectivity index (χ1) is 11.1. The third-order valence-electron chi connectivity index (χ3n) is 3.23. The summed E-state index contributed by atoms with van der Waals surface area (Å²) in [4.78, 5) is 0.0625. The number of benzene rings is 2. The standard InChI is InChI=1S/C16H13N3O3S/c20-19-14(11-10-13-6-4-5-9-16(13)19)12-17-18-23(21,22)15-7-2-1-3-8-15/h1-12,20H/b14-12-,18-17?. The number of hydroxylamine groups is 1. The van der Waals surface area contributed by atoms with E-state index in [1.54, 1.807) is 42.5 Å². The van der Waals surface area contributed by atoms with Crippen molar-refractivity contribution in [3.05, 3.63) is 78.1 Å². The highest BCUT2D eigenvalue weighted by atomic mass is 32.2. The third-order valence-corrected chi connectivity index (χ3v) is 4.41. The monoisotopic (exact) mass is 327 g/mol. The van der Waals surface area contributed by atoms with Crippen LogP contribution in [-0.2, 0) is 10.0 Å². The molecular weight excluding hydrogens is 314 g/mol. The van der Waals surface area contributed by atoms with Gasteiger partial charge in [0, 0.05) is 5.56 Å². The summed E-state index contributed by atoms with van der Waals surface area (Å²) in [6.07, 6.45) is 4.61. The van der Waals surface area contributed by atoms with Crippen molar-refractivity contribution in [1.29, 1.82) is 0 Å². The topological polar surface area (TPSA) is 82.3 Å². The summed E-state index contributed by atoms with van der Waals surface area (Å²) in [5, 5.41) is 14.7. The lowest BCUT2D eigenvalue weighted by atomic mass is 10.1. The second-order valence-corrected chi connectivity index (χ2v) is 6.33. The maximum Gasteiger partial charge on any atom is 0.299 e. The van der Waals surface area contributed by atoms with Gasteiger partial charge < -0.3 is 0 Å². The van der Waals surface area contributed by atoms with Crippen molar-refractivity contribution in [3.8, 4) is 0 Å². The normalized spacial score (nSPS) is 16.0. The van der Waals surface area contributed by atoms with Gasteiger partial charge >= 0.3 is 0 Å². The van der Waals surface area contributed by atoms with E-state index in [4.69, 9.17) is 0 Å². The smallest absolute Gasteiger partial charge is 0.283 e. The van der Waals surface area contributed by atoms with E-state index in [2.05, 4.69) is 9.63 Å².